The SMILES string of the molecule is CCCCCCCNCc1cccc(OCC)c1OC(=O)CCC. The van der Waals surface area contributed by atoms with Crippen molar-refractivity contribution in [1.29, 1.82) is 0 Å². The van der Waals surface area contributed by atoms with Crippen LogP contribution < -0.4 is 14.8 Å². The fraction of sp³-hybridized carbons (Fsp3) is 0.650. The number of esters is 1. The van der Waals surface area contributed by atoms with E-state index in [1.165, 1.54) is 32.1 Å². The third kappa shape index (κ3) is 7.82. The van der Waals surface area contributed by atoms with Crippen molar-refractivity contribution in [3.8, 4) is 11.5 Å². The molecule has 1 rings (SSSR count). The largest absolute Gasteiger partial charge is 0.490 e. The summed E-state index contributed by atoms with van der Waals surface area (Å²) < 4.78 is 11.2. The van der Waals surface area contributed by atoms with Gasteiger partial charge in [-0.2, -0.15) is 0 Å². The molecule has 4 nitrogen and oxygen atoms in total. The van der Waals surface area contributed by atoms with Crippen molar-refractivity contribution in [3.05, 3.63) is 23.8 Å². The van der Waals surface area contributed by atoms with Gasteiger partial charge in [0.05, 0.1) is 6.61 Å². The Bertz CT molecular complexity index is 474. The maximum Gasteiger partial charge on any atom is 0.311 e. The lowest BCUT2D eigenvalue weighted by Crippen LogP contribution is -2.17. The molecule has 0 aliphatic heterocycles. The molecule has 0 atom stereocenters. The van der Waals surface area contributed by atoms with E-state index in [2.05, 4.69) is 12.2 Å². The Kier molecular flexibility index (Phi) is 10.9. The molecule has 0 unspecified atom stereocenters. The van der Waals surface area contributed by atoms with E-state index in [9.17, 15) is 4.79 Å². The Morgan fingerprint density at radius 1 is 1.04 bits per heavy atom. The van der Waals surface area contributed by atoms with Crippen LogP contribution in [0.3, 0.4) is 0 Å². The quantitative estimate of drug-likeness (QED) is 0.318. The number of hydrogen-bond donors (Lipinski definition) is 1. The van der Waals surface area contributed by atoms with E-state index in [0.29, 0.717) is 31.1 Å². The predicted octanol–water partition coefficient (Wildman–Crippen LogP) is 4.85. The molecular formula is C20H33NO3. The summed E-state index contributed by atoms with van der Waals surface area (Å²) >= 11 is 0. The van der Waals surface area contributed by atoms with E-state index in [-0.39, 0.29) is 5.97 Å². The van der Waals surface area contributed by atoms with Crippen LogP contribution in [-0.2, 0) is 11.3 Å². The summed E-state index contributed by atoms with van der Waals surface area (Å²) in [5.41, 5.74) is 0.971. The summed E-state index contributed by atoms with van der Waals surface area (Å²) in [5, 5.41) is 3.45. The third-order valence-electron chi connectivity index (χ3n) is 3.80. The minimum atomic E-state index is -0.203. The van der Waals surface area contributed by atoms with Gasteiger partial charge in [0.25, 0.3) is 0 Å². The highest BCUT2D eigenvalue weighted by Crippen LogP contribution is 2.32. The van der Waals surface area contributed by atoms with Gasteiger partial charge in [0.2, 0.25) is 0 Å². The highest BCUT2D eigenvalue weighted by atomic mass is 16.6. The van der Waals surface area contributed by atoms with Crippen molar-refractivity contribution in [3.63, 3.8) is 0 Å². The van der Waals surface area contributed by atoms with Crippen molar-refractivity contribution < 1.29 is 14.3 Å². The normalized spacial score (nSPS) is 10.6. The van der Waals surface area contributed by atoms with Crippen LogP contribution in [0.4, 0.5) is 0 Å². The molecule has 0 radical (unpaired) electrons. The van der Waals surface area contributed by atoms with E-state index in [1.807, 2.05) is 32.0 Å². The molecule has 0 heterocycles. The molecule has 0 amide bonds. The fourth-order valence-electron chi connectivity index (χ4n) is 2.53. The van der Waals surface area contributed by atoms with Gasteiger partial charge in [-0.3, -0.25) is 4.79 Å². The van der Waals surface area contributed by atoms with Crippen LogP contribution >= 0.6 is 0 Å². The second kappa shape index (κ2) is 12.8. The first kappa shape index (κ1) is 20.5. The molecule has 0 aliphatic carbocycles. The number of rotatable bonds is 13. The average Bonchev–Trinajstić information content (AvgIpc) is 2.57. The van der Waals surface area contributed by atoms with E-state index >= 15 is 0 Å². The molecule has 1 N–H and O–H groups in total. The maximum atomic E-state index is 11.9. The van der Waals surface area contributed by atoms with Crippen molar-refractivity contribution >= 4 is 5.97 Å². The Morgan fingerprint density at radius 2 is 1.83 bits per heavy atom. The molecule has 24 heavy (non-hydrogen) atoms. The zero-order valence-corrected chi connectivity index (χ0v) is 15.5. The Labute approximate surface area is 146 Å². The fourth-order valence-corrected chi connectivity index (χ4v) is 2.53. The van der Waals surface area contributed by atoms with Crippen molar-refractivity contribution in [1.82, 2.24) is 5.32 Å². The van der Waals surface area contributed by atoms with Crippen LogP contribution in [0.15, 0.2) is 18.2 Å². The second-order valence-electron chi connectivity index (χ2n) is 5.99. The van der Waals surface area contributed by atoms with Crippen LogP contribution in [-0.4, -0.2) is 19.1 Å². The summed E-state index contributed by atoms with van der Waals surface area (Å²) in [6, 6.07) is 5.79. The number of benzene rings is 1. The molecule has 0 saturated heterocycles. The first-order chi connectivity index (χ1) is 11.7. The lowest BCUT2D eigenvalue weighted by molar-refractivity contribution is -0.134. The topological polar surface area (TPSA) is 47.6 Å². The van der Waals surface area contributed by atoms with Crippen molar-refractivity contribution in [2.45, 2.75) is 72.3 Å². The minimum Gasteiger partial charge on any atom is -0.490 e. The standard InChI is InChI=1S/C20H33NO3/c1-4-7-8-9-10-15-21-16-17-13-11-14-18(23-6-3)20(17)24-19(22)12-5-2/h11,13-14,21H,4-10,12,15-16H2,1-3H3. The molecule has 0 bridgehead atoms. The van der Waals surface area contributed by atoms with Gasteiger partial charge < -0.3 is 14.8 Å². The highest BCUT2D eigenvalue weighted by Gasteiger charge is 2.14. The van der Waals surface area contributed by atoms with Crippen LogP contribution in [0.2, 0.25) is 0 Å². The third-order valence-corrected chi connectivity index (χ3v) is 3.80. The van der Waals surface area contributed by atoms with Gasteiger partial charge in [-0.05, 0) is 32.4 Å². The summed E-state index contributed by atoms with van der Waals surface area (Å²) in [5.74, 6) is 1.01. The number of hydrogen-bond acceptors (Lipinski definition) is 4. The predicted molar refractivity (Wildman–Crippen MR) is 98.6 cm³/mol. The number of nitrogens with one attached hydrogen (secondary N) is 1. The summed E-state index contributed by atoms with van der Waals surface area (Å²) in [6.45, 7) is 8.33. The molecular weight excluding hydrogens is 302 g/mol. The monoisotopic (exact) mass is 335 g/mol. The van der Waals surface area contributed by atoms with E-state index in [1.54, 1.807) is 0 Å². The molecule has 1 aromatic rings. The van der Waals surface area contributed by atoms with Crippen LogP contribution in [0.25, 0.3) is 0 Å². The van der Waals surface area contributed by atoms with E-state index < -0.39 is 0 Å². The lowest BCUT2D eigenvalue weighted by atomic mass is 10.1. The molecule has 4 heteroatoms. The Morgan fingerprint density at radius 3 is 2.54 bits per heavy atom. The molecule has 1 aromatic carbocycles. The molecule has 0 aromatic heterocycles. The van der Waals surface area contributed by atoms with Crippen molar-refractivity contribution in [2.24, 2.45) is 0 Å². The van der Waals surface area contributed by atoms with Crippen LogP contribution in [0, 0.1) is 0 Å². The summed E-state index contributed by atoms with van der Waals surface area (Å²) in [6.07, 6.45) is 7.52. The van der Waals surface area contributed by atoms with Gasteiger partial charge in [0.1, 0.15) is 0 Å². The molecule has 0 saturated carbocycles. The number of para-hydroxylation sites is 1. The van der Waals surface area contributed by atoms with Crippen LogP contribution in [0.1, 0.15) is 71.3 Å². The van der Waals surface area contributed by atoms with E-state index in [0.717, 1.165) is 18.5 Å². The smallest absolute Gasteiger partial charge is 0.311 e. The highest BCUT2D eigenvalue weighted by molar-refractivity contribution is 5.73. The number of ether oxygens (including phenoxy) is 2. The van der Waals surface area contributed by atoms with Gasteiger partial charge in [-0.15, -0.1) is 0 Å². The lowest BCUT2D eigenvalue weighted by Gasteiger charge is -2.15. The summed E-state index contributed by atoms with van der Waals surface area (Å²) in [7, 11) is 0. The van der Waals surface area contributed by atoms with Gasteiger partial charge in [-0.25, -0.2) is 0 Å². The first-order valence-corrected chi connectivity index (χ1v) is 9.38. The molecule has 0 spiro atoms. The summed E-state index contributed by atoms with van der Waals surface area (Å²) in [4.78, 5) is 11.9. The van der Waals surface area contributed by atoms with Crippen LogP contribution in [0.5, 0.6) is 11.5 Å². The zero-order chi connectivity index (χ0) is 17.6. The second-order valence-corrected chi connectivity index (χ2v) is 5.99. The zero-order valence-electron chi connectivity index (χ0n) is 15.5. The van der Waals surface area contributed by atoms with Gasteiger partial charge >= 0.3 is 5.97 Å². The van der Waals surface area contributed by atoms with Gasteiger partial charge in [-0.1, -0.05) is 51.7 Å². The maximum absolute atomic E-state index is 11.9. The number of carbonyl (C=O) groups excluding carboxylic acids is 1. The average molecular weight is 335 g/mol. The van der Waals surface area contributed by atoms with Crippen molar-refractivity contribution in [2.75, 3.05) is 13.2 Å². The Hall–Kier alpha value is -1.55. The number of unbranched alkanes of at least 4 members (excludes halogenated alkanes) is 4. The molecule has 0 fully saturated rings. The van der Waals surface area contributed by atoms with Gasteiger partial charge in [0, 0.05) is 18.5 Å². The minimum absolute atomic E-state index is 0.203. The van der Waals surface area contributed by atoms with E-state index in [4.69, 9.17) is 9.47 Å². The number of carbonyl (C=O) groups is 1. The Balaban J connectivity index is 2.60. The molecule has 136 valence electrons. The first-order valence-electron chi connectivity index (χ1n) is 9.38. The van der Waals surface area contributed by atoms with Gasteiger partial charge in [0.15, 0.2) is 11.5 Å². The molecule has 0 aliphatic rings.